The fourth-order valence-corrected chi connectivity index (χ4v) is 1.37. The normalized spacial score (nSPS) is 11.5. The zero-order valence-electron chi connectivity index (χ0n) is 9.31. The first-order chi connectivity index (χ1) is 8.27. The van der Waals surface area contributed by atoms with Crippen molar-refractivity contribution < 1.29 is 14.4 Å². The number of rotatable bonds is 7. The molecular weight excluding hydrogens is 218 g/mol. The molecular formula is C13H13NO3. The second-order valence-electron chi connectivity index (χ2n) is 3.55. The summed E-state index contributed by atoms with van der Waals surface area (Å²) in [6.07, 6.45) is 4.67. The van der Waals surface area contributed by atoms with Crippen LogP contribution >= 0.6 is 0 Å². The zero-order chi connectivity index (χ0) is 12.5. The fraction of sp³-hybridized carbons (Fsp3) is 0.308. The topological polar surface area (TPSA) is 63.2 Å². The minimum atomic E-state index is -0.670. The molecule has 1 rings (SSSR count). The molecule has 4 nitrogen and oxygen atoms in total. The molecule has 88 valence electrons. The molecule has 0 aliphatic heterocycles. The highest BCUT2D eigenvalue weighted by Gasteiger charge is 2.12. The molecule has 1 atom stereocenters. The van der Waals surface area contributed by atoms with Crippen LogP contribution in [0.1, 0.15) is 29.6 Å². The molecule has 0 aliphatic rings. The first-order valence-electron chi connectivity index (χ1n) is 5.36. The SMILES string of the molecule is O=[C]CCCC([C]=O)NC(=O)c1ccccc1. The number of carbonyl (C=O) groups excluding carboxylic acids is 3. The number of unbranched alkanes of at least 4 members (excludes halogenated alkanes) is 1. The van der Waals surface area contributed by atoms with Crippen LogP contribution in [0.2, 0.25) is 0 Å². The first-order valence-corrected chi connectivity index (χ1v) is 5.36. The largest absolute Gasteiger partial charge is 0.342 e. The second-order valence-corrected chi connectivity index (χ2v) is 3.55. The van der Waals surface area contributed by atoms with Gasteiger partial charge in [0.2, 0.25) is 6.29 Å². The van der Waals surface area contributed by atoms with Crippen LogP contribution in [0.15, 0.2) is 30.3 Å². The van der Waals surface area contributed by atoms with Crippen molar-refractivity contribution in [1.29, 1.82) is 0 Å². The van der Waals surface area contributed by atoms with Crippen molar-refractivity contribution in [3.8, 4) is 0 Å². The lowest BCUT2D eigenvalue weighted by Crippen LogP contribution is -2.35. The average molecular weight is 231 g/mol. The summed E-state index contributed by atoms with van der Waals surface area (Å²) in [5.74, 6) is -0.311. The summed E-state index contributed by atoms with van der Waals surface area (Å²) in [6.45, 7) is 0. The van der Waals surface area contributed by atoms with Gasteiger partial charge in [-0.1, -0.05) is 18.2 Å². The Kier molecular flexibility index (Phi) is 5.64. The van der Waals surface area contributed by atoms with Crippen molar-refractivity contribution in [3.63, 3.8) is 0 Å². The van der Waals surface area contributed by atoms with Crippen LogP contribution in [0.3, 0.4) is 0 Å². The molecule has 17 heavy (non-hydrogen) atoms. The van der Waals surface area contributed by atoms with Gasteiger partial charge in [-0.05, 0) is 25.0 Å². The van der Waals surface area contributed by atoms with Gasteiger partial charge in [-0.25, -0.2) is 0 Å². The minimum Gasteiger partial charge on any atom is -0.342 e. The molecule has 1 unspecified atom stereocenters. The molecule has 1 N–H and O–H groups in total. The van der Waals surface area contributed by atoms with Crippen LogP contribution in [0.5, 0.6) is 0 Å². The monoisotopic (exact) mass is 231 g/mol. The lowest BCUT2D eigenvalue weighted by molar-refractivity contribution is 0.0945. The predicted molar refractivity (Wildman–Crippen MR) is 62.9 cm³/mol. The minimum absolute atomic E-state index is 0.263. The molecule has 0 saturated carbocycles. The van der Waals surface area contributed by atoms with Gasteiger partial charge < -0.3 is 5.32 Å². The number of hydrogen-bond donors (Lipinski definition) is 1. The van der Waals surface area contributed by atoms with Gasteiger partial charge in [-0.15, -0.1) is 0 Å². The lowest BCUT2D eigenvalue weighted by atomic mass is 10.1. The van der Waals surface area contributed by atoms with E-state index < -0.39 is 6.04 Å². The van der Waals surface area contributed by atoms with E-state index in [0.29, 0.717) is 18.4 Å². The molecule has 4 heteroatoms. The summed E-state index contributed by atoms with van der Waals surface area (Å²) >= 11 is 0. The summed E-state index contributed by atoms with van der Waals surface area (Å²) in [7, 11) is 0. The van der Waals surface area contributed by atoms with Crippen LogP contribution in [0.25, 0.3) is 0 Å². The molecule has 0 aromatic heterocycles. The van der Waals surface area contributed by atoms with Crippen LogP contribution in [-0.2, 0) is 9.59 Å². The van der Waals surface area contributed by atoms with Gasteiger partial charge in [0.25, 0.3) is 5.91 Å². The van der Waals surface area contributed by atoms with E-state index in [4.69, 9.17) is 0 Å². The van der Waals surface area contributed by atoms with E-state index in [-0.39, 0.29) is 12.3 Å². The van der Waals surface area contributed by atoms with Gasteiger partial charge >= 0.3 is 0 Å². The maximum atomic E-state index is 11.7. The van der Waals surface area contributed by atoms with E-state index in [0.717, 1.165) is 0 Å². The Bertz CT molecular complexity index is 376. The number of nitrogens with one attached hydrogen (secondary N) is 1. The molecule has 1 amide bonds. The molecule has 1 aromatic carbocycles. The Morgan fingerprint density at radius 1 is 1.24 bits per heavy atom. The maximum absolute atomic E-state index is 11.7. The van der Waals surface area contributed by atoms with Crippen LogP contribution in [-0.4, -0.2) is 24.5 Å². The number of carbonyl (C=O) groups is 1. The van der Waals surface area contributed by atoms with E-state index >= 15 is 0 Å². The third kappa shape index (κ3) is 4.59. The smallest absolute Gasteiger partial charge is 0.251 e. The van der Waals surface area contributed by atoms with E-state index in [1.807, 2.05) is 0 Å². The second kappa shape index (κ2) is 7.33. The zero-order valence-corrected chi connectivity index (χ0v) is 9.31. The molecule has 0 bridgehead atoms. The summed E-state index contributed by atoms with van der Waals surface area (Å²) in [5, 5.41) is 2.55. The van der Waals surface area contributed by atoms with Crippen molar-refractivity contribution in [2.75, 3.05) is 0 Å². The average Bonchev–Trinajstić information content (AvgIpc) is 2.38. The molecule has 0 aliphatic carbocycles. The van der Waals surface area contributed by atoms with Crippen molar-refractivity contribution in [3.05, 3.63) is 35.9 Å². The summed E-state index contributed by atoms with van der Waals surface area (Å²) < 4.78 is 0. The van der Waals surface area contributed by atoms with Gasteiger partial charge in [0.1, 0.15) is 0 Å². The highest BCUT2D eigenvalue weighted by atomic mass is 16.2. The number of benzene rings is 1. The van der Waals surface area contributed by atoms with E-state index in [1.54, 1.807) is 42.9 Å². The van der Waals surface area contributed by atoms with Gasteiger partial charge in [0, 0.05) is 12.0 Å². The Labute approximate surface area is 100 Å². The van der Waals surface area contributed by atoms with Gasteiger partial charge in [-0.2, -0.15) is 0 Å². The third-order valence-electron chi connectivity index (χ3n) is 2.26. The Hall–Kier alpha value is -1.97. The fourth-order valence-electron chi connectivity index (χ4n) is 1.37. The highest BCUT2D eigenvalue weighted by molar-refractivity contribution is 5.95. The number of amides is 1. The van der Waals surface area contributed by atoms with Crippen molar-refractivity contribution in [2.24, 2.45) is 0 Å². The Morgan fingerprint density at radius 3 is 2.53 bits per heavy atom. The van der Waals surface area contributed by atoms with Crippen molar-refractivity contribution in [1.82, 2.24) is 5.32 Å². The predicted octanol–water partition coefficient (Wildman–Crippen LogP) is 1.17. The molecule has 0 heterocycles. The van der Waals surface area contributed by atoms with Gasteiger partial charge in [0.15, 0.2) is 6.29 Å². The van der Waals surface area contributed by atoms with E-state index in [9.17, 15) is 14.4 Å². The molecule has 0 saturated heterocycles. The van der Waals surface area contributed by atoms with Gasteiger partial charge in [-0.3, -0.25) is 14.4 Å². The molecule has 0 fully saturated rings. The lowest BCUT2D eigenvalue weighted by Gasteiger charge is -2.10. The third-order valence-corrected chi connectivity index (χ3v) is 2.26. The van der Waals surface area contributed by atoms with E-state index in [2.05, 4.69) is 5.32 Å². The standard InChI is InChI=1S/C13H13NO3/c15-9-5-4-8-12(10-16)14-13(17)11-6-2-1-3-7-11/h1-3,6-7,12H,4-5,8H2,(H,14,17). The highest BCUT2D eigenvalue weighted by Crippen LogP contribution is 2.02. The van der Waals surface area contributed by atoms with Gasteiger partial charge in [0.05, 0.1) is 6.04 Å². The molecule has 2 radical (unpaired) electrons. The summed E-state index contributed by atoms with van der Waals surface area (Å²) in [5.41, 5.74) is 0.495. The maximum Gasteiger partial charge on any atom is 0.251 e. The first kappa shape index (κ1) is 13.1. The summed E-state index contributed by atoms with van der Waals surface area (Å²) in [6, 6.07) is 7.95. The van der Waals surface area contributed by atoms with Crippen LogP contribution < -0.4 is 5.32 Å². The van der Waals surface area contributed by atoms with E-state index in [1.165, 1.54) is 0 Å². The van der Waals surface area contributed by atoms with Crippen molar-refractivity contribution in [2.45, 2.75) is 25.3 Å². The summed E-state index contributed by atoms with van der Waals surface area (Å²) in [4.78, 5) is 32.3. The van der Waals surface area contributed by atoms with Crippen molar-refractivity contribution >= 4 is 18.5 Å². The Balaban J connectivity index is 2.48. The van der Waals surface area contributed by atoms with Crippen LogP contribution in [0.4, 0.5) is 0 Å². The quantitative estimate of drug-likeness (QED) is 0.716. The Morgan fingerprint density at radius 2 is 1.94 bits per heavy atom. The van der Waals surface area contributed by atoms with Crippen LogP contribution in [0, 0.1) is 0 Å². The molecule has 1 aromatic rings. The molecule has 0 spiro atoms. The number of hydrogen-bond acceptors (Lipinski definition) is 3.